The number of aliphatic carboxylic acids is 1. The molecule has 5 nitrogen and oxygen atoms in total. The summed E-state index contributed by atoms with van der Waals surface area (Å²) < 4.78 is 1.03. The summed E-state index contributed by atoms with van der Waals surface area (Å²) in [7, 11) is 0. The van der Waals surface area contributed by atoms with E-state index >= 15 is 0 Å². The first kappa shape index (κ1) is 19.8. The van der Waals surface area contributed by atoms with Gasteiger partial charge in [-0.2, -0.15) is 0 Å². The zero-order valence-corrected chi connectivity index (χ0v) is 15.8. The number of carbonyl (C=O) groups excluding carboxylic acids is 2. The monoisotopic (exact) mass is 417 g/mol. The van der Waals surface area contributed by atoms with Crippen LogP contribution in [0, 0.1) is 0 Å². The highest BCUT2D eigenvalue weighted by Gasteiger charge is 2.09. The van der Waals surface area contributed by atoms with Gasteiger partial charge in [0.25, 0.3) is 0 Å². The highest BCUT2D eigenvalue weighted by Crippen LogP contribution is 2.14. The van der Waals surface area contributed by atoms with E-state index in [9.17, 15) is 14.4 Å². The molecular weight excluding hydrogens is 398 g/mol. The molecule has 2 rings (SSSR count). The molecule has 26 heavy (non-hydrogen) atoms. The molecule has 0 aliphatic carbocycles. The van der Waals surface area contributed by atoms with Crippen molar-refractivity contribution in [3.63, 3.8) is 0 Å². The summed E-state index contributed by atoms with van der Waals surface area (Å²) in [5.41, 5.74) is 2.25. The normalized spacial score (nSPS) is 10.3. The van der Waals surface area contributed by atoms with Crippen molar-refractivity contribution in [3.8, 4) is 0 Å². The molecule has 0 spiro atoms. The van der Waals surface area contributed by atoms with Crippen LogP contribution in [0.25, 0.3) is 0 Å². The Morgan fingerprint density at radius 3 is 2.15 bits per heavy atom. The highest BCUT2D eigenvalue weighted by molar-refractivity contribution is 9.10. The molecule has 0 atom stereocenters. The minimum atomic E-state index is -0.995. The molecule has 0 aliphatic rings. The van der Waals surface area contributed by atoms with Crippen LogP contribution < -0.4 is 5.32 Å². The Labute approximate surface area is 160 Å². The molecule has 136 valence electrons. The van der Waals surface area contributed by atoms with Crippen LogP contribution in [0.15, 0.2) is 53.0 Å². The fourth-order valence-corrected chi connectivity index (χ4v) is 2.70. The second-order valence-electron chi connectivity index (χ2n) is 5.92. The first-order valence-corrected chi connectivity index (χ1v) is 9.12. The van der Waals surface area contributed by atoms with E-state index in [1.165, 1.54) is 5.56 Å². The second-order valence-corrected chi connectivity index (χ2v) is 6.84. The number of carboxylic acid groups (broad SMARTS) is 1. The quantitative estimate of drug-likeness (QED) is 0.589. The standard InChI is InChI=1S/C20H20BrNO4/c21-16-8-4-14(5-9-16)2-1-3-19(24)22-17-10-6-15(7-11-17)18(23)12-13-20(25)26/h4-11H,1-3,12-13H2,(H,22,24)(H,25,26). The summed E-state index contributed by atoms with van der Waals surface area (Å²) in [4.78, 5) is 34.3. The van der Waals surface area contributed by atoms with Gasteiger partial charge in [0.2, 0.25) is 5.91 Å². The number of nitrogens with one attached hydrogen (secondary N) is 1. The zero-order chi connectivity index (χ0) is 18.9. The Bertz CT molecular complexity index is 769. The fraction of sp³-hybridized carbons (Fsp3) is 0.250. The lowest BCUT2D eigenvalue weighted by atomic mass is 10.1. The molecule has 1 amide bonds. The summed E-state index contributed by atoms with van der Waals surface area (Å²) >= 11 is 3.39. The van der Waals surface area contributed by atoms with E-state index in [0.29, 0.717) is 17.7 Å². The number of carboxylic acids is 1. The summed E-state index contributed by atoms with van der Waals surface area (Å²) in [6.45, 7) is 0. The molecule has 2 N–H and O–H groups in total. The maximum Gasteiger partial charge on any atom is 0.303 e. The van der Waals surface area contributed by atoms with Gasteiger partial charge in [0, 0.05) is 28.6 Å². The van der Waals surface area contributed by atoms with Crippen LogP contribution in [0.4, 0.5) is 5.69 Å². The molecule has 0 aromatic heterocycles. The van der Waals surface area contributed by atoms with E-state index in [4.69, 9.17) is 5.11 Å². The second kappa shape index (κ2) is 9.87. The summed E-state index contributed by atoms with van der Waals surface area (Å²) in [5.74, 6) is -1.29. The summed E-state index contributed by atoms with van der Waals surface area (Å²) in [6.07, 6.45) is 1.78. The minimum Gasteiger partial charge on any atom is -0.481 e. The first-order valence-electron chi connectivity index (χ1n) is 8.33. The molecule has 0 heterocycles. The van der Waals surface area contributed by atoms with E-state index < -0.39 is 5.97 Å². The van der Waals surface area contributed by atoms with Crippen molar-refractivity contribution in [3.05, 3.63) is 64.1 Å². The molecule has 2 aromatic carbocycles. The average Bonchev–Trinajstić information content (AvgIpc) is 2.62. The number of halogens is 1. The molecular formula is C20H20BrNO4. The third-order valence-electron chi connectivity index (χ3n) is 3.84. The van der Waals surface area contributed by atoms with Gasteiger partial charge in [0.1, 0.15) is 0 Å². The number of amides is 1. The van der Waals surface area contributed by atoms with Crippen LogP contribution in [0.3, 0.4) is 0 Å². The van der Waals surface area contributed by atoms with Gasteiger partial charge < -0.3 is 10.4 Å². The number of hydrogen-bond donors (Lipinski definition) is 2. The van der Waals surface area contributed by atoms with Crippen molar-refractivity contribution in [1.29, 1.82) is 0 Å². The van der Waals surface area contributed by atoms with Crippen molar-refractivity contribution in [1.82, 2.24) is 0 Å². The van der Waals surface area contributed by atoms with Crippen molar-refractivity contribution in [2.75, 3.05) is 5.32 Å². The molecule has 0 fully saturated rings. The van der Waals surface area contributed by atoms with Gasteiger partial charge >= 0.3 is 5.97 Å². The Morgan fingerprint density at radius 1 is 0.885 bits per heavy atom. The first-order chi connectivity index (χ1) is 12.4. The number of anilines is 1. The van der Waals surface area contributed by atoms with Gasteiger partial charge in [0.15, 0.2) is 5.78 Å². The lowest BCUT2D eigenvalue weighted by molar-refractivity contribution is -0.137. The van der Waals surface area contributed by atoms with Crippen LogP contribution >= 0.6 is 15.9 Å². The van der Waals surface area contributed by atoms with E-state index in [0.717, 1.165) is 17.3 Å². The molecule has 2 aromatic rings. The molecule has 0 saturated heterocycles. The van der Waals surface area contributed by atoms with Crippen LogP contribution in [0.1, 0.15) is 41.6 Å². The van der Waals surface area contributed by atoms with Crippen molar-refractivity contribution in [2.24, 2.45) is 0 Å². The lowest BCUT2D eigenvalue weighted by Crippen LogP contribution is -2.11. The molecule has 0 unspecified atom stereocenters. The van der Waals surface area contributed by atoms with Crippen LogP contribution in [-0.4, -0.2) is 22.8 Å². The number of aryl methyl sites for hydroxylation is 1. The van der Waals surface area contributed by atoms with Crippen LogP contribution in [0.2, 0.25) is 0 Å². The predicted molar refractivity (Wildman–Crippen MR) is 103 cm³/mol. The van der Waals surface area contributed by atoms with Gasteiger partial charge in [-0.25, -0.2) is 0 Å². The maximum absolute atomic E-state index is 12.0. The van der Waals surface area contributed by atoms with Gasteiger partial charge in [-0.3, -0.25) is 14.4 Å². The van der Waals surface area contributed by atoms with E-state index in [-0.39, 0.29) is 24.5 Å². The van der Waals surface area contributed by atoms with E-state index in [2.05, 4.69) is 21.2 Å². The molecule has 0 radical (unpaired) electrons. The maximum atomic E-state index is 12.0. The topological polar surface area (TPSA) is 83.5 Å². The van der Waals surface area contributed by atoms with Gasteiger partial charge in [0.05, 0.1) is 6.42 Å². The van der Waals surface area contributed by atoms with Crippen LogP contribution in [-0.2, 0) is 16.0 Å². The van der Waals surface area contributed by atoms with Gasteiger partial charge in [-0.1, -0.05) is 28.1 Å². The molecule has 0 bridgehead atoms. The number of hydrogen-bond acceptors (Lipinski definition) is 3. The minimum absolute atomic E-state index is 0.0307. The summed E-state index contributed by atoms with van der Waals surface area (Å²) in [5, 5.41) is 11.4. The smallest absolute Gasteiger partial charge is 0.303 e. The SMILES string of the molecule is O=C(O)CCC(=O)c1ccc(NC(=O)CCCc2ccc(Br)cc2)cc1. The van der Waals surface area contributed by atoms with E-state index in [1.54, 1.807) is 24.3 Å². The Hall–Kier alpha value is -2.47. The number of benzene rings is 2. The average molecular weight is 418 g/mol. The van der Waals surface area contributed by atoms with Gasteiger partial charge in [-0.15, -0.1) is 0 Å². The Morgan fingerprint density at radius 2 is 1.54 bits per heavy atom. The summed E-state index contributed by atoms with van der Waals surface area (Å²) in [6, 6.07) is 14.5. The van der Waals surface area contributed by atoms with Crippen molar-refractivity contribution in [2.45, 2.75) is 32.1 Å². The third-order valence-corrected chi connectivity index (χ3v) is 4.37. The van der Waals surface area contributed by atoms with Gasteiger partial charge in [-0.05, 0) is 54.8 Å². The molecule has 0 saturated carbocycles. The largest absolute Gasteiger partial charge is 0.481 e. The lowest BCUT2D eigenvalue weighted by Gasteiger charge is -2.07. The van der Waals surface area contributed by atoms with Crippen LogP contribution in [0.5, 0.6) is 0 Å². The van der Waals surface area contributed by atoms with E-state index in [1.807, 2.05) is 24.3 Å². The number of carbonyl (C=O) groups is 3. The van der Waals surface area contributed by atoms with Crippen molar-refractivity contribution >= 4 is 39.3 Å². The predicted octanol–water partition coefficient (Wildman–Crippen LogP) is 4.46. The Balaban J connectivity index is 1.77. The third kappa shape index (κ3) is 6.80. The van der Waals surface area contributed by atoms with Crippen molar-refractivity contribution < 1.29 is 19.5 Å². The molecule has 6 heteroatoms. The fourth-order valence-electron chi connectivity index (χ4n) is 2.43. The number of rotatable bonds is 9. The number of Topliss-reactive ketones (excluding diaryl/α,β-unsaturated/α-hetero) is 1. The Kier molecular flexibility index (Phi) is 7.53. The number of ketones is 1. The molecule has 0 aliphatic heterocycles. The zero-order valence-electron chi connectivity index (χ0n) is 14.2. The highest BCUT2D eigenvalue weighted by atomic mass is 79.9.